The minimum absolute atomic E-state index is 0.0200. The SMILES string of the molecule is CN(CCc1ccccc1)CC(=O)Nc1ccccc1S(=O)(=O)N(C)C1CCCCC1. The summed E-state index contributed by atoms with van der Waals surface area (Å²) in [5.74, 6) is -0.224. The van der Waals surface area contributed by atoms with Crippen LogP contribution < -0.4 is 5.32 Å². The number of carbonyl (C=O) groups excluding carboxylic acids is 1. The maximum Gasteiger partial charge on any atom is 0.245 e. The van der Waals surface area contributed by atoms with Gasteiger partial charge in [-0.2, -0.15) is 4.31 Å². The fourth-order valence-corrected chi connectivity index (χ4v) is 5.63. The Kier molecular flexibility index (Phi) is 8.23. The molecule has 0 unspecified atom stereocenters. The highest BCUT2D eigenvalue weighted by molar-refractivity contribution is 7.89. The van der Waals surface area contributed by atoms with Crippen molar-refractivity contribution in [2.24, 2.45) is 0 Å². The number of rotatable bonds is 9. The molecular formula is C24H33N3O3S. The van der Waals surface area contributed by atoms with E-state index in [1.54, 1.807) is 31.3 Å². The Hall–Kier alpha value is -2.22. The summed E-state index contributed by atoms with van der Waals surface area (Å²) in [5.41, 5.74) is 1.56. The Bertz CT molecular complexity index is 957. The van der Waals surface area contributed by atoms with Crippen LogP contribution in [0.5, 0.6) is 0 Å². The second kappa shape index (κ2) is 10.9. The van der Waals surface area contributed by atoms with Gasteiger partial charge in [0.1, 0.15) is 4.90 Å². The summed E-state index contributed by atoms with van der Waals surface area (Å²) in [4.78, 5) is 14.7. The Morgan fingerprint density at radius 2 is 1.61 bits per heavy atom. The Labute approximate surface area is 186 Å². The molecule has 0 bridgehead atoms. The van der Waals surface area contributed by atoms with E-state index in [1.807, 2.05) is 30.1 Å². The third-order valence-electron chi connectivity index (χ3n) is 5.95. The van der Waals surface area contributed by atoms with Crippen LogP contribution in [0.15, 0.2) is 59.5 Å². The third-order valence-corrected chi connectivity index (χ3v) is 7.91. The van der Waals surface area contributed by atoms with Crippen LogP contribution in [0.25, 0.3) is 0 Å². The molecule has 1 aliphatic carbocycles. The number of amides is 1. The van der Waals surface area contributed by atoms with Crippen molar-refractivity contribution in [2.75, 3.05) is 32.5 Å². The summed E-state index contributed by atoms with van der Waals surface area (Å²) < 4.78 is 28.0. The number of anilines is 1. The van der Waals surface area contributed by atoms with Crippen LogP contribution in [-0.2, 0) is 21.2 Å². The number of carbonyl (C=O) groups is 1. The molecular weight excluding hydrogens is 410 g/mol. The van der Waals surface area contributed by atoms with Gasteiger partial charge in [-0.1, -0.05) is 61.7 Å². The number of nitrogens with one attached hydrogen (secondary N) is 1. The first-order chi connectivity index (χ1) is 14.9. The normalized spacial score (nSPS) is 15.4. The van der Waals surface area contributed by atoms with E-state index in [9.17, 15) is 13.2 Å². The van der Waals surface area contributed by atoms with Crippen LogP contribution >= 0.6 is 0 Å². The molecule has 31 heavy (non-hydrogen) atoms. The topological polar surface area (TPSA) is 69.7 Å². The van der Waals surface area contributed by atoms with Crippen molar-refractivity contribution in [1.29, 1.82) is 0 Å². The molecule has 1 saturated carbocycles. The maximum absolute atomic E-state index is 13.3. The van der Waals surface area contributed by atoms with E-state index in [-0.39, 0.29) is 23.4 Å². The molecule has 0 radical (unpaired) electrons. The molecule has 1 fully saturated rings. The van der Waals surface area contributed by atoms with Crippen LogP contribution in [0.4, 0.5) is 5.69 Å². The van der Waals surface area contributed by atoms with Crippen LogP contribution in [-0.4, -0.2) is 56.8 Å². The van der Waals surface area contributed by atoms with Gasteiger partial charge in [-0.3, -0.25) is 9.69 Å². The number of hydrogen-bond acceptors (Lipinski definition) is 4. The van der Waals surface area contributed by atoms with Crippen molar-refractivity contribution >= 4 is 21.6 Å². The van der Waals surface area contributed by atoms with Crippen LogP contribution in [0.1, 0.15) is 37.7 Å². The van der Waals surface area contributed by atoms with E-state index < -0.39 is 10.0 Å². The van der Waals surface area contributed by atoms with Crippen molar-refractivity contribution in [3.63, 3.8) is 0 Å². The van der Waals surface area contributed by atoms with E-state index in [2.05, 4.69) is 17.4 Å². The second-order valence-electron chi connectivity index (χ2n) is 8.33. The predicted molar refractivity (Wildman–Crippen MR) is 125 cm³/mol. The van der Waals surface area contributed by atoms with E-state index in [4.69, 9.17) is 0 Å². The minimum atomic E-state index is -3.68. The molecule has 3 rings (SSSR count). The van der Waals surface area contributed by atoms with Gasteiger partial charge in [-0.15, -0.1) is 0 Å². The van der Waals surface area contributed by atoms with Crippen LogP contribution in [0.2, 0.25) is 0 Å². The molecule has 0 atom stereocenters. The second-order valence-corrected chi connectivity index (χ2v) is 10.3. The molecule has 1 aliphatic rings. The zero-order chi connectivity index (χ0) is 22.3. The molecule has 0 aromatic heterocycles. The number of sulfonamides is 1. The van der Waals surface area contributed by atoms with Crippen LogP contribution in [0, 0.1) is 0 Å². The Balaban J connectivity index is 1.63. The quantitative estimate of drug-likeness (QED) is 0.641. The first-order valence-electron chi connectivity index (χ1n) is 11.0. The highest BCUT2D eigenvalue weighted by atomic mass is 32.2. The molecule has 2 aromatic carbocycles. The molecule has 1 amide bonds. The Morgan fingerprint density at radius 1 is 0.968 bits per heavy atom. The number of para-hydroxylation sites is 1. The first-order valence-corrected chi connectivity index (χ1v) is 12.4. The summed E-state index contributed by atoms with van der Waals surface area (Å²) in [6, 6.07) is 16.8. The highest BCUT2D eigenvalue weighted by Gasteiger charge is 2.31. The number of nitrogens with zero attached hydrogens (tertiary/aromatic N) is 2. The molecule has 7 heteroatoms. The number of benzene rings is 2. The zero-order valence-electron chi connectivity index (χ0n) is 18.5. The average Bonchev–Trinajstić information content (AvgIpc) is 2.78. The van der Waals surface area contributed by atoms with Crippen molar-refractivity contribution < 1.29 is 13.2 Å². The van der Waals surface area contributed by atoms with Crippen molar-refractivity contribution in [3.8, 4) is 0 Å². The van der Waals surface area contributed by atoms with E-state index in [0.29, 0.717) is 5.69 Å². The molecule has 6 nitrogen and oxygen atoms in total. The average molecular weight is 444 g/mol. The summed E-state index contributed by atoms with van der Waals surface area (Å²) in [5, 5.41) is 2.82. The monoisotopic (exact) mass is 443 g/mol. The fourth-order valence-electron chi connectivity index (χ4n) is 4.07. The lowest BCUT2D eigenvalue weighted by molar-refractivity contribution is -0.117. The lowest BCUT2D eigenvalue weighted by Crippen LogP contribution is -2.38. The molecule has 168 valence electrons. The highest BCUT2D eigenvalue weighted by Crippen LogP contribution is 2.29. The number of hydrogen-bond donors (Lipinski definition) is 1. The molecule has 1 N–H and O–H groups in total. The van der Waals surface area contributed by atoms with E-state index >= 15 is 0 Å². The van der Waals surface area contributed by atoms with Crippen molar-refractivity contribution in [2.45, 2.75) is 49.5 Å². The smallest absolute Gasteiger partial charge is 0.245 e. The summed E-state index contributed by atoms with van der Waals surface area (Å²) in [6.07, 6.45) is 5.89. The molecule has 0 heterocycles. The number of likely N-dealkylation sites (N-methyl/N-ethyl adjacent to an activating group) is 1. The first kappa shape index (κ1) is 23.4. The van der Waals surface area contributed by atoms with Crippen LogP contribution in [0.3, 0.4) is 0 Å². The largest absolute Gasteiger partial charge is 0.324 e. The van der Waals surface area contributed by atoms with Gasteiger partial charge in [0.2, 0.25) is 15.9 Å². The summed E-state index contributed by atoms with van der Waals surface area (Å²) in [7, 11) is -0.140. The van der Waals surface area contributed by atoms with Gasteiger partial charge < -0.3 is 5.32 Å². The van der Waals surface area contributed by atoms with Gasteiger partial charge in [-0.05, 0) is 44.0 Å². The van der Waals surface area contributed by atoms with E-state index in [0.717, 1.165) is 45.1 Å². The standard InChI is InChI=1S/C24H33N3O3S/c1-26(18-17-20-11-5-3-6-12-20)19-24(28)25-22-15-9-10-16-23(22)31(29,30)27(2)21-13-7-4-8-14-21/h3,5-6,9-12,15-16,21H,4,7-8,13-14,17-19H2,1-2H3,(H,25,28). The van der Waals surface area contributed by atoms with Gasteiger partial charge >= 0.3 is 0 Å². The van der Waals surface area contributed by atoms with E-state index in [1.165, 1.54) is 9.87 Å². The van der Waals surface area contributed by atoms with Crippen molar-refractivity contribution in [3.05, 3.63) is 60.2 Å². The van der Waals surface area contributed by atoms with Crippen molar-refractivity contribution in [1.82, 2.24) is 9.21 Å². The van der Waals surface area contributed by atoms with Gasteiger partial charge in [-0.25, -0.2) is 8.42 Å². The van der Waals surface area contributed by atoms with Gasteiger partial charge in [0.15, 0.2) is 0 Å². The Morgan fingerprint density at radius 3 is 2.32 bits per heavy atom. The molecule has 0 saturated heterocycles. The lowest BCUT2D eigenvalue weighted by Gasteiger charge is -2.31. The van der Waals surface area contributed by atoms with Gasteiger partial charge in [0.05, 0.1) is 12.2 Å². The fraction of sp³-hybridized carbons (Fsp3) is 0.458. The summed E-state index contributed by atoms with van der Waals surface area (Å²) >= 11 is 0. The minimum Gasteiger partial charge on any atom is -0.324 e. The molecule has 0 spiro atoms. The maximum atomic E-state index is 13.3. The van der Waals surface area contributed by atoms with Gasteiger partial charge in [0, 0.05) is 19.6 Å². The molecule has 2 aromatic rings. The lowest BCUT2D eigenvalue weighted by atomic mass is 9.96. The zero-order valence-corrected chi connectivity index (χ0v) is 19.3. The third kappa shape index (κ3) is 6.38. The summed E-state index contributed by atoms with van der Waals surface area (Å²) in [6.45, 7) is 0.932. The van der Waals surface area contributed by atoms with Gasteiger partial charge in [0.25, 0.3) is 0 Å². The molecule has 0 aliphatic heterocycles. The predicted octanol–water partition coefficient (Wildman–Crippen LogP) is 3.75.